The Bertz CT molecular complexity index is 1130. The van der Waals surface area contributed by atoms with E-state index < -0.39 is 5.41 Å². The maximum absolute atomic E-state index is 13.7. The van der Waals surface area contributed by atoms with Crippen molar-refractivity contribution in [2.45, 2.75) is 44.4 Å². The molecule has 1 amide bonds. The minimum atomic E-state index is -0.741. The lowest BCUT2D eigenvalue weighted by Gasteiger charge is -2.39. The molecule has 6 heteroatoms. The minimum Gasteiger partial charge on any atom is -0.310 e. The van der Waals surface area contributed by atoms with Crippen molar-refractivity contribution < 1.29 is 4.79 Å². The third-order valence-corrected chi connectivity index (χ3v) is 7.52. The number of rotatable bonds is 2. The van der Waals surface area contributed by atoms with Crippen LogP contribution in [0.1, 0.15) is 45.0 Å². The molecule has 2 aromatic heterocycles. The van der Waals surface area contributed by atoms with Crippen LogP contribution in [0, 0.1) is 5.41 Å². The molecule has 5 nitrogen and oxygen atoms in total. The molecular formula is C22H21ClN4O. The molecule has 1 fully saturated rings. The predicted molar refractivity (Wildman–Crippen MR) is 109 cm³/mol. The summed E-state index contributed by atoms with van der Waals surface area (Å²) in [6.45, 7) is 6.56. The molecule has 3 aromatic rings. The van der Waals surface area contributed by atoms with Gasteiger partial charge in [0.25, 0.3) is 0 Å². The van der Waals surface area contributed by atoms with Crippen molar-refractivity contribution in [3.05, 3.63) is 59.0 Å². The second-order valence-corrected chi connectivity index (χ2v) is 9.02. The molecule has 2 atom stereocenters. The quantitative estimate of drug-likeness (QED) is 0.689. The first kappa shape index (κ1) is 17.6. The number of benzene rings is 1. The number of para-hydroxylation sites is 2. The lowest BCUT2D eigenvalue weighted by molar-refractivity contribution is -0.125. The molecule has 2 aliphatic carbocycles. The van der Waals surface area contributed by atoms with E-state index in [0.717, 1.165) is 35.3 Å². The van der Waals surface area contributed by atoms with Crippen LogP contribution in [0.25, 0.3) is 11.0 Å². The number of carbonyl (C=O) groups is 1. The van der Waals surface area contributed by atoms with Crippen LogP contribution < -0.4 is 5.32 Å². The number of amides is 1. The number of anilines is 1. The molecule has 28 heavy (non-hydrogen) atoms. The van der Waals surface area contributed by atoms with Crippen molar-refractivity contribution in [1.29, 1.82) is 0 Å². The van der Waals surface area contributed by atoms with E-state index in [4.69, 9.17) is 21.6 Å². The van der Waals surface area contributed by atoms with E-state index in [1.54, 1.807) is 12.1 Å². The minimum absolute atomic E-state index is 0.0700. The Morgan fingerprint density at radius 1 is 1.00 bits per heavy atom. The van der Waals surface area contributed by atoms with Gasteiger partial charge < -0.3 is 5.32 Å². The van der Waals surface area contributed by atoms with Crippen molar-refractivity contribution >= 4 is 34.4 Å². The van der Waals surface area contributed by atoms with Crippen LogP contribution >= 0.6 is 11.6 Å². The topological polar surface area (TPSA) is 67.8 Å². The van der Waals surface area contributed by atoms with Gasteiger partial charge in [-0.05, 0) is 42.5 Å². The molecule has 2 aliphatic rings. The number of carbonyl (C=O) groups excluding carboxylic acids is 1. The molecule has 1 aromatic carbocycles. The largest absolute Gasteiger partial charge is 0.310 e. The van der Waals surface area contributed by atoms with E-state index in [2.05, 4.69) is 31.1 Å². The van der Waals surface area contributed by atoms with E-state index in [9.17, 15) is 4.79 Å². The van der Waals surface area contributed by atoms with Crippen molar-refractivity contribution in [3.63, 3.8) is 0 Å². The van der Waals surface area contributed by atoms with Gasteiger partial charge in [-0.2, -0.15) is 0 Å². The van der Waals surface area contributed by atoms with Gasteiger partial charge in [-0.1, -0.05) is 44.5 Å². The Morgan fingerprint density at radius 3 is 2.32 bits per heavy atom. The first-order valence-corrected chi connectivity index (χ1v) is 9.88. The van der Waals surface area contributed by atoms with Gasteiger partial charge in [0.15, 0.2) is 0 Å². The Morgan fingerprint density at radius 2 is 1.68 bits per heavy atom. The van der Waals surface area contributed by atoms with Crippen LogP contribution in [0.5, 0.6) is 0 Å². The highest BCUT2D eigenvalue weighted by atomic mass is 35.5. The fourth-order valence-corrected chi connectivity index (χ4v) is 5.33. The zero-order valence-electron chi connectivity index (χ0n) is 16.1. The van der Waals surface area contributed by atoms with Gasteiger partial charge in [0.05, 0.1) is 32.9 Å². The van der Waals surface area contributed by atoms with Crippen molar-refractivity contribution in [1.82, 2.24) is 15.0 Å². The first-order valence-electron chi connectivity index (χ1n) is 9.50. The number of halogens is 1. The highest BCUT2D eigenvalue weighted by molar-refractivity contribution is 6.30. The van der Waals surface area contributed by atoms with Crippen LogP contribution in [0.15, 0.2) is 42.6 Å². The summed E-state index contributed by atoms with van der Waals surface area (Å²) in [5.41, 5.74) is 2.21. The number of pyridine rings is 1. The highest BCUT2D eigenvalue weighted by Crippen LogP contribution is 2.70. The molecule has 5 rings (SSSR count). The van der Waals surface area contributed by atoms with Crippen LogP contribution in [0.4, 0.5) is 5.82 Å². The average molecular weight is 393 g/mol. The molecule has 0 radical (unpaired) electrons. The van der Waals surface area contributed by atoms with Crippen LogP contribution in [-0.2, 0) is 15.6 Å². The number of hydrogen-bond acceptors (Lipinski definition) is 4. The number of aromatic nitrogens is 3. The van der Waals surface area contributed by atoms with Crippen LogP contribution in [0.2, 0.25) is 5.02 Å². The summed E-state index contributed by atoms with van der Waals surface area (Å²) >= 11 is 5.93. The summed E-state index contributed by atoms with van der Waals surface area (Å²) in [5, 5.41) is 3.55. The smallest absolute Gasteiger partial charge is 0.238 e. The Labute approximate surface area is 168 Å². The monoisotopic (exact) mass is 392 g/mol. The summed E-state index contributed by atoms with van der Waals surface area (Å²) in [4.78, 5) is 27.9. The molecule has 1 N–H and O–H groups in total. The van der Waals surface area contributed by atoms with Gasteiger partial charge in [-0.3, -0.25) is 4.79 Å². The molecule has 1 saturated carbocycles. The number of hydrogen-bond donors (Lipinski definition) is 1. The zero-order chi connectivity index (χ0) is 19.7. The Kier molecular flexibility index (Phi) is 3.45. The molecule has 0 spiro atoms. The summed E-state index contributed by atoms with van der Waals surface area (Å²) < 4.78 is 0. The molecule has 0 unspecified atom stereocenters. The van der Waals surface area contributed by atoms with E-state index in [0.29, 0.717) is 10.8 Å². The first-order chi connectivity index (χ1) is 13.3. The van der Waals surface area contributed by atoms with E-state index in [-0.39, 0.29) is 16.7 Å². The lowest BCUT2D eigenvalue weighted by Crippen LogP contribution is -2.48. The number of fused-ring (bicyclic) bond motifs is 6. The predicted octanol–water partition coefficient (Wildman–Crippen LogP) is 4.65. The van der Waals surface area contributed by atoms with Gasteiger partial charge in [0, 0.05) is 11.6 Å². The summed E-state index contributed by atoms with van der Waals surface area (Å²) in [6, 6.07) is 11.3. The van der Waals surface area contributed by atoms with Gasteiger partial charge >= 0.3 is 0 Å². The standard InChI is InChI=1S/C22H21ClN4O/c1-20(2)21(3)10-11-22(20,19(28)27-16-9-8-13(23)12-24-16)18-17(21)25-14-6-4-5-7-15(14)26-18/h4-9,12H,10-11H2,1-3H3,(H,24,27,28)/t21-,22-/m1/s1. The third kappa shape index (κ3) is 1.97. The van der Waals surface area contributed by atoms with Gasteiger partial charge in [-0.25, -0.2) is 15.0 Å². The number of nitrogens with zero attached hydrogens (tertiary/aromatic N) is 3. The normalized spacial score (nSPS) is 27.0. The maximum Gasteiger partial charge on any atom is 0.238 e. The Hall–Kier alpha value is -2.53. The van der Waals surface area contributed by atoms with Crippen molar-refractivity contribution in [2.75, 3.05) is 5.32 Å². The van der Waals surface area contributed by atoms with Crippen LogP contribution in [0.3, 0.4) is 0 Å². The summed E-state index contributed by atoms with van der Waals surface area (Å²) in [6.07, 6.45) is 3.19. The third-order valence-electron chi connectivity index (χ3n) is 7.30. The highest BCUT2D eigenvalue weighted by Gasteiger charge is 2.73. The summed E-state index contributed by atoms with van der Waals surface area (Å²) in [5.74, 6) is 0.426. The van der Waals surface area contributed by atoms with Gasteiger partial charge in [0.2, 0.25) is 5.91 Å². The molecule has 0 aliphatic heterocycles. The molecule has 0 saturated heterocycles. The van der Waals surface area contributed by atoms with Crippen molar-refractivity contribution in [3.8, 4) is 0 Å². The van der Waals surface area contributed by atoms with Crippen LogP contribution in [-0.4, -0.2) is 20.9 Å². The fraction of sp³-hybridized carbons (Fsp3) is 0.364. The molecule has 2 heterocycles. The fourth-order valence-electron chi connectivity index (χ4n) is 5.22. The second kappa shape index (κ2) is 5.51. The molecule has 142 valence electrons. The average Bonchev–Trinajstić information content (AvgIpc) is 2.98. The zero-order valence-corrected chi connectivity index (χ0v) is 16.8. The van der Waals surface area contributed by atoms with Gasteiger partial charge in [0.1, 0.15) is 5.82 Å². The van der Waals surface area contributed by atoms with Gasteiger partial charge in [-0.15, -0.1) is 0 Å². The van der Waals surface area contributed by atoms with E-state index in [1.807, 2.05) is 24.3 Å². The maximum atomic E-state index is 13.7. The Balaban J connectivity index is 1.69. The van der Waals surface area contributed by atoms with E-state index >= 15 is 0 Å². The van der Waals surface area contributed by atoms with E-state index in [1.165, 1.54) is 6.20 Å². The SMILES string of the molecule is CC1(C)[C@]2(C(=O)Nc3ccc(Cl)cn3)CC[C@]1(C)c1nc3ccccc3nc12. The lowest BCUT2D eigenvalue weighted by atomic mass is 9.63. The van der Waals surface area contributed by atoms with Crippen molar-refractivity contribution in [2.24, 2.45) is 5.41 Å². The summed E-state index contributed by atoms with van der Waals surface area (Å²) in [7, 11) is 0. The number of nitrogens with one attached hydrogen (secondary N) is 1. The molecule has 2 bridgehead atoms. The molecular weight excluding hydrogens is 372 g/mol. The second-order valence-electron chi connectivity index (χ2n) is 8.59.